The Kier molecular flexibility index (Phi) is 19.3. The molecule has 388 valence electrons. The highest BCUT2D eigenvalue weighted by Crippen LogP contribution is 2.31. The first-order chi connectivity index (χ1) is 33.0. The van der Waals surface area contributed by atoms with Gasteiger partial charge in [-0.1, -0.05) is 36.4 Å². The van der Waals surface area contributed by atoms with Crippen molar-refractivity contribution in [1.29, 1.82) is 0 Å². The van der Waals surface area contributed by atoms with E-state index in [0.29, 0.717) is 33.5 Å². The fraction of sp³-hybridized carbons (Fsp3) is 0.333. The first kappa shape index (κ1) is 56.7. The fourth-order valence-corrected chi connectivity index (χ4v) is 10.8. The third-order valence-electron chi connectivity index (χ3n) is 12.3. The van der Waals surface area contributed by atoms with Crippen LogP contribution in [0, 0.1) is 11.8 Å². The van der Waals surface area contributed by atoms with Gasteiger partial charge in [-0.05, 0) is 110 Å². The molecule has 2 aliphatic heterocycles. The Morgan fingerprint density at radius 3 is 1.12 bits per heavy atom. The minimum atomic E-state index is -4.67. The van der Waals surface area contributed by atoms with E-state index in [1.54, 1.807) is 97.3 Å². The number of nitrogens with zero attached hydrogens (tertiary/aromatic N) is 6. The Hall–Kier alpha value is -6.19. The highest BCUT2D eigenvalue weighted by atomic mass is 32.3. The molecule has 10 N–H and O–H groups in total. The number of amides is 2. The van der Waals surface area contributed by atoms with Crippen LogP contribution in [0.2, 0.25) is 0 Å². The van der Waals surface area contributed by atoms with Crippen molar-refractivity contribution >= 4 is 75.4 Å². The number of carbonyl (C=O) groups is 2. The van der Waals surface area contributed by atoms with Crippen LogP contribution < -0.4 is 9.44 Å². The van der Waals surface area contributed by atoms with Gasteiger partial charge in [0.15, 0.2) is 0 Å². The Labute approximate surface area is 418 Å². The molecule has 0 spiro atoms. The van der Waals surface area contributed by atoms with Gasteiger partial charge >= 0.3 is 10.4 Å². The van der Waals surface area contributed by atoms with E-state index < -0.39 is 30.4 Å². The molecule has 10 rings (SSSR count). The number of fused-ring (bicyclic) bond motifs is 2. The van der Waals surface area contributed by atoms with Gasteiger partial charge in [-0.25, -0.2) is 16.8 Å². The SMILES string of the molecule is O.O.O.O=C(c1ccc(NS(=O)(=O)c2cccc3cccnc23)cc1)N1CCN(CC2CC2)CC1.O=C(c1ccc(NS(=O)(=O)c2cccc3cccnc23)cc1)N1CCN(CC2CC2)CC1.O=S(=O)(O)O. The molecular weight excluding hydrogens is 993 g/mol. The topological polar surface area (TPSA) is 334 Å². The van der Waals surface area contributed by atoms with Crippen molar-refractivity contribution in [3.05, 3.63) is 133 Å². The van der Waals surface area contributed by atoms with Gasteiger partial charge in [0, 0.05) is 111 Å². The van der Waals surface area contributed by atoms with Crippen LogP contribution in [0.5, 0.6) is 0 Å². The maximum Gasteiger partial charge on any atom is 0.394 e. The molecule has 4 aliphatic rings. The lowest BCUT2D eigenvalue weighted by atomic mass is 10.1. The van der Waals surface area contributed by atoms with E-state index in [2.05, 4.69) is 29.2 Å². The summed E-state index contributed by atoms with van der Waals surface area (Å²) >= 11 is 0. The van der Waals surface area contributed by atoms with E-state index in [1.165, 1.54) is 25.7 Å². The normalized spacial score (nSPS) is 16.3. The van der Waals surface area contributed by atoms with Crippen LogP contribution in [0.4, 0.5) is 11.4 Å². The van der Waals surface area contributed by atoms with E-state index in [0.717, 1.165) is 88.1 Å². The molecule has 21 nitrogen and oxygen atoms in total. The van der Waals surface area contributed by atoms with E-state index in [1.807, 2.05) is 34.1 Å². The number of hydrogen-bond acceptors (Lipinski definition) is 12. The minimum absolute atomic E-state index is 0. The summed E-state index contributed by atoms with van der Waals surface area (Å²) in [7, 11) is -12.3. The zero-order valence-electron chi connectivity index (χ0n) is 39.2. The molecule has 0 atom stereocenters. The molecular formula is C48H60N8O13S3. The van der Waals surface area contributed by atoms with Crippen LogP contribution >= 0.6 is 0 Å². The summed E-state index contributed by atoms with van der Waals surface area (Å²) < 4.78 is 88.6. The van der Waals surface area contributed by atoms with Crippen molar-refractivity contribution in [2.45, 2.75) is 35.5 Å². The summed E-state index contributed by atoms with van der Waals surface area (Å²) in [6.07, 6.45) is 8.51. The maximum atomic E-state index is 13.0. The van der Waals surface area contributed by atoms with Gasteiger partial charge in [0.1, 0.15) is 9.79 Å². The zero-order valence-corrected chi connectivity index (χ0v) is 41.6. The van der Waals surface area contributed by atoms with Crippen LogP contribution in [-0.2, 0) is 30.4 Å². The lowest BCUT2D eigenvalue weighted by molar-refractivity contribution is 0.0625. The molecule has 2 saturated heterocycles. The van der Waals surface area contributed by atoms with E-state index >= 15 is 0 Å². The third-order valence-corrected chi connectivity index (χ3v) is 15.1. The number of para-hydroxylation sites is 2. The Morgan fingerprint density at radius 1 is 0.486 bits per heavy atom. The molecule has 2 aromatic heterocycles. The van der Waals surface area contributed by atoms with E-state index in [4.69, 9.17) is 17.5 Å². The van der Waals surface area contributed by atoms with E-state index in [9.17, 15) is 26.4 Å². The quantitative estimate of drug-likeness (QED) is 0.128. The molecule has 4 fully saturated rings. The van der Waals surface area contributed by atoms with Crippen LogP contribution in [0.25, 0.3) is 21.8 Å². The largest absolute Gasteiger partial charge is 0.412 e. The summed E-state index contributed by atoms with van der Waals surface area (Å²) in [6, 6.07) is 30.6. The lowest BCUT2D eigenvalue weighted by Crippen LogP contribution is -2.49. The Balaban J connectivity index is 0.000000236. The molecule has 24 heteroatoms. The summed E-state index contributed by atoms with van der Waals surface area (Å²) in [5.74, 6) is 1.70. The minimum Gasteiger partial charge on any atom is -0.412 e. The van der Waals surface area contributed by atoms with Gasteiger partial charge in [-0.2, -0.15) is 8.42 Å². The van der Waals surface area contributed by atoms with Gasteiger partial charge in [0.2, 0.25) is 0 Å². The summed E-state index contributed by atoms with van der Waals surface area (Å²) in [5.41, 5.74) is 2.79. The smallest absolute Gasteiger partial charge is 0.394 e. The van der Waals surface area contributed by atoms with Crippen molar-refractivity contribution in [3.8, 4) is 0 Å². The first-order valence-electron chi connectivity index (χ1n) is 22.7. The van der Waals surface area contributed by atoms with Crippen LogP contribution in [-0.4, -0.2) is 158 Å². The number of piperazine rings is 2. The second-order valence-corrected chi connectivity index (χ2v) is 21.7. The van der Waals surface area contributed by atoms with Gasteiger partial charge < -0.3 is 26.2 Å². The van der Waals surface area contributed by atoms with Crippen LogP contribution in [0.3, 0.4) is 0 Å². The standard InChI is InChI=1S/2C24H26N4O3S.H2O4S.3H2O/c2*29-24(28-15-13-27(14-16-28)17-18-6-7-18)20-8-10-21(11-9-20)26-32(30,31)22-5-1-3-19-4-2-12-25-23(19)22;1-5(2,3)4;;;/h2*1-5,8-12,18,26H,6-7,13-17H2;(H2,1,2,3,4);3*1H2. The number of rotatable bonds is 12. The molecule has 4 aromatic carbocycles. The lowest BCUT2D eigenvalue weighted by Gasteiger charge is -2.34. The number of pyridine rings is 2. The van der Waals surface area contributed by atoms with Crippen molar-refractivity contribution in [1.82, 2.24) is 29.6 Å². The summed E-state index contributed by atoms with van der Waals surface area (Å²) in [5, 5.41) is 1.52. The second kappa shape index (κ2) is 24.5. The van der Waals surface area contributed by atoms with Gasteiger partial charge in [-0.15, -0.1) is 0 Å². The third kappa shape index (κ3) is 15.4. The van der Waals surface area contributed by atoms with Crippen LogP contribution in [0.15, 0.2) is 131 Å². The fourth-order valence-electron chi connectivity index (χ4n) is 8.33. The molecule has 2 amide bonds. The van der Waals surface area contributed by atoms with Crippen molar-refractivity contribution < 1.29 is 60.4 Å². The summed E-state index contributed by atoms with van der Waals surface area (Å²) in [4.78, 5) is 43.1. The Bertz CT molecular complexity index is 2910. The number of nitrogens with one attached hydrogen (secondary N) is 2. The molecule has 0 bridgehead atoms. The molecule has 2 aliphatic carbocycles. The van der Waals surface area contributed by atoms with Gasteiger partial charge in [-0.3, -0.25) is 47.9 Å². The predicted molar refractivity (Wildman–Crippen MR) is 273 cm³/mol. The molecule has 6 aromatic rings. The molecule has 0 radical (unpaired) electrons. The number of aromatic nitrogens is 2. The second-order valence-electron chi connectivity index (χ2n) is 17.5. The number of hydrogen-bond donors (Lipinski definition) is 4. The van der Waals surface area contributed by atoms with Gasteiger partial charge in [0.25, 0.3) is 31.9 Å². The molecule has 0 unspecified atom stereocenters. The van der Waals surface area contributed by atoms with Crippen LogP contribution in [0.1, 0.15) is 46.4 Å². The molecule has 72 heavy (non-hydrogen) atoms. The molecule has 2 saturated carbocycles. The highest BCUT2D eigenvalue weighted by Gasteiger charge is 2.30. The summed E-state index contributed by atoms with van der Waals surface area (Å²) in [6.45, 7) is 8.90. The first-order valence-corrected chi connectivity index (χ1v) is 27.0. The van der Waals surface area contributed by atoms with Crippen molar-refractivity contribution in [2.24, 2.45) is 11.8 Å². The number of carbonyl (C=O) groups excluding carboxylic acids is 2. The van der Waals surface area contributed by atoms with Crippen molar-refractivity contribution in [2.75, 3.05) is 74.9 Å². The zero-order chi connectivity index (χ0) is 48.8. The average Bonchev–Trinajstić information content (AvgIpc) is 4.30. The Morgan fingerprint density at radius 2 is 0.806 bits per heavy atom. The van der Waals surface area contributed by atoms with Gasteiger partial charge in [0.05, 0.1) is 11.0 Å². The number of benzene rings is 4. The van der Waals surface area contributed by atoms with Crippen molar-refractivity contribution in [3.63, 3.8) is 0 Å². The maximum absolute atomic E-state index is 13.0. The highest BCUT2D eigenvalue weighted by molar-refractivity contribution is 7.93. The number of sulfonamides is 2. The average molecular weight is 1050 g/mol. The monoisotopic (exact) mass is 1050 g/mol. The number of anilines is 2. The molecule has 4 heterocycles. The predicted octanol–water partition coefficient (Wildman–Crippen LogP) is 3.28. The van der Waals surface area contributed by atoms with E-state index in [-0.39, 0.29) is 38.0 Å².